The molecule has 1 aromatic rings. The molecule has 0 saturated carbocycles. The lowest BCUT2D eigenvalue weighted by atomic mass is 10.1. The topological polar surface area (TPSA) is 51.1 Å². The molecule has 0 aliphatic carbocycles. The summed E-state index contributed by atoms with van der Waals surface area (Å²) in [7, 11) is 1.63. The predicted molar refractivity (Wildman–Crippen MR) is 107 cm³/mol. The number of hydrogen-bond donors (Lipinski definition) is 0. The summed E-state index contributed by atoms with van der Waals surface area (Å²) in [5.41, 5.74) is 0.913. The normalized spacial score (nSPS) is 19.2. The highest BCUT2D eigenvalue weighted by Gasteiger charge is 2.27. The van der Waals surface area contributed by atoms with Crippen molar-refractivity contribution in [3.63, 3.8) is 0 Å². The van der Waals surface area contributed by atoms with Gasteiger partial charge in [0.1, 0.15) is 0 Å². The van der Waals surface area contributed by atoms with Crippen molar-refractivity contribution in [3.05, 3.63) is 28.7 Å². The third-order valence-corrected chi connectivity index (χ3v) is 5.34. The van der Waals surface area contributed by atoms with Gasteiger partial charge in [-0.15, -0.1) is 0 Å². The minimum Gasteiger partial charge on any atom is -0.493 e. The van der Waals surface area contributed by atoms with Crippen LogP contribution in [-0.4, -0.2) is 42.8 Å². The van der Waals surface area contributed by atoms with E-state index in [1.807, 2.05) is 24.3 Å². The van der Waals surface area contributed by atoms with E-state index in [0.717, 1.165) is 23.8 Å². The summed E-state index contributed by atoms with van der Waals surface area (Å²) in [5.74, 6) is 1.66. The van der Waals surface area contributed by atoms with E-state index in [0.29, 0.717) is 28.9 Å². The van der Waals surface area contributed by atoms with Gasteiger partial charge in [-0.25, -0.2) is 0 Å². The number of methoxy groups -OCH3 is 1. The van der Waals surface area contributed by atoms with Gasteiger partial charge in [-0.2, -0.15) is 4.99 Å². The third-order valence-electron chi connectivity index (χ3n) is 4.29. The number of hydrogen-bond acceptors (Lipinski definition) is 5. The Morgan fingerprint density at radius 3 is 2.69 bits per heavy atom. The van der Waals surface area contributed by atoms with Crippen LogP contribution in [0.2, 0.25) is 0 Å². The molecule has 1 amide bonds. The highest BCUT2D eigenvalue weighted by Crippen LogP contribution is 2.34. The number of rotatable bonds is 5. The number of thioether (sulfide) groups is 1. The van der Waals surface area contributed by atoms with Gasteiger partial charge in [-0.1, -0.05) is 19.9 Å². The summed E-state index contributed by atoms with van der Waals surface area (Å²) in [4.78, 5) is 19.4. The molecule has 0 N–H and O–H groups in total. The number of aliphatic imine (C=N–C) groups is 1. The highest BCUT2D eigenvalue weighted by molar-refractivity contribution is 8.18. The fraction of sp³-hybridized carbons (Fsp3) is 0.500. The Labute approximate surface area is 159 Å². The molecule has 2 aliphatic rings. The van der Waals surface area contributed by atoms with E-state index in [4.69, 9.17) is 9.47 Å². The van der Waals surface area contributed by atoms with E-state index >= 15 is 0 Å². The summed E-state index contributed by atoms with van der Waals surface area (Å²) < 4.78 is 11.2. The molecule has 140 valence electrons. The molecule has 0 spiro atoms. The van der Waals surface area contributed by atoms with Gasteiger partial charge < -0.3 is 14.4 Å². The molecule has 1 fully saturated rings. The zero-order valence-electron chi connectivity index (χ0n) is 15.7. The average Bonchev–Trinajstić information content (AvgIpc) is 3.01. The largest absolute Gasteiger partial charge is 0.493 e. The van der Waals surface area contributed by atoms with Crippen LogP contribution in [0.3, 0.4) is 0 Å². The Kier molecular flexibility index (Phi) is 6.25. The fourth-order valence-electron chi connectivity index (χ4n) is 2.92. The van der Waals surface area contributed by atoms with E-state index < -0.39 is 0 Å². The van der Waals surface area contributed by atoms with Crippen LogP contribution in [0.1, 0.15) is 38.7 Å². The van der Waals surface area contributed by atoms with Crippen LogP contribution in [0.15, 0.2) is 28.1 Å². The molecule has 0 unspecified atom stereocenters. The quantitative estimate of drug-likeness (QED) is 0.724. The molecule has 1 aromatic carbocycles. The van der Waals surface area contributed by atoms with Crippen LogP contribution in [0.25, 0.3) is 6.08 Å². The van der Waals surface area contributed by atoms with Gasteiger partial charge in [0, 0.05) is 13.1 Å². The van der Waals surface area contributed by atoms with E-state index in [1.165, 1.54) is 31.0 Å². The van der Waals surface area contributed by atoms with Crippen molar-refractivity contribution in [1.82, 2.24) is 4.90 Å². The number of nitrogens with zero attached hydrogens (tertiary/aromatic N) is 2. The fourth-order valence-corrected chi connectivity index (χ4v) is 3.89. The Bertz CT molecular complexity index is 722. The maximum absolute atomic E-state index is 12.3. The van der Waals surface area contributed by atoms with Crippen LogP contribution in [0, 0.1) is 5.92 Å². The van der Waals surface area contributed by atoms with E-state index in [2.05, 4.69) is 23.7 Å². The Balaban J connectivity index is 1.75. The van der Waals surface area contributed by atoms with E-state index in [9.17, 15) is 4.79 Å². The summed E-state index contributed by atoms with van der Waals surface area (Å²) in [6, 6.07) is 5.72. The van der Waals surface area contributed by atoms with Gasteiger partial charge in [0.25, 0.3) is 5.91 Å². The number of carbonyl (C=O) groups excluding carboxylic acids is 1. The highest BCUT2D eigenvalue weighted by atomic mass is 32.2. The monoisotopic (exact) mass is 374 g/mol. The van der Waals surface area contributed by atoms with Crippen LogP contribution in [0.4, 0.5) is 0 Å². The SMILES string of the molecule is COc1ccc(/C=C2\SC(N3CCCCC3)=NC2=O)cc1OCC(C)C. The molecule has 6 heteroatoms. The number of amidine groups is 1. The van der Waals surface area contributed by atoms with Crippen molar-refractivity contribution in [2.45, 2.75) is 33.1 Å². The van der Waals surface area contributed by atoms with Crippen LogP contribution in [-0.2, 0) is 4.79 Å². The zero-order chi connectivity index (χ0) is 18.5. The second-order valence-corrected chi connectivity index (χ2v) is 7.98. The number of piperidine rings is 1. The molecule has 1 saturated heterocycles. The standard InChI is InChI=1S/C20H26N2O3S/c1-14(2)13-25-17-11-15(7-8-16(17)24-3)12-18-19(23)21-20(26-18)22-9-5-4-6-10-22/h7-8,11-12,14H,4-6,9-10,13H2,1-3H3/b18-12-. The van der Waals surface area contributed by atoms with Crippen LogP contribution >= 0.6 is 11.8 Å². The Hall–Kier alpha value is -1.95. The van der Waals surface area contributed by atoms with Gasteiger partial charge in [0.15, 0.2) is 16.7 Å². The first-order valence-corrected chi connectivity index (χ1v) is 9.97. The molecule has 0 atom stereocenters. The number of amides is 1. The van der Waals surface area contributed by atoms with Gasteiger partial charge >= 0.3 is 0 Å². The lowest BCUT2D eigenvalue weighted by Crippen LogP contribution is -2.33. The lowest BCUT2D eigenvalue weighted by molar-refractivity contribution is -0.113. The molecule has 2 aliphatic heterocycles. The summed E-state index contributed by atoms with van der Waals surface area (Å²) in [6.45, 7) is 6.80. The van der Waals surface area contributed by atoms with E-state index in [-0.39, 0.29) is 5.91 Å². The van der Waals surface area contributed by atoms with Crippen molar-refractivity contribution in [1.29, 1.82) is 0 Å². The zero-order valence-corrected chi connectivity index (χ0v) is 16.5. The molecule has 0 radical (unpaired) electrons. The number of likely N-dealkylation sites (tertiary alicyclic amines) is 1. The summed E-state index contributed by atoms with van der Waals surface area (Å²) in [6.07, 6.45) is 5.48. The maximum atomic E-state index is 12.3. The predicted octanol–water partition coefficient (Wildman–Crippen LogP) is 4.19. The van der Waals surface area contributed by atoms with Crippen molar-refractivity contribution in [2.24, 2.45) is 10.9 Å². The molecular formula is C20H26N2O3S. The van der Waals surface area contributed by atoms with Crippen molar-refractivity contribution in [3.8, 4) is 11.5 Å². The van der Waals surface area contributed by atoms with Crippen molar-refractivity contribution in [2.75, 3.05) is 26.8 Å². The molecule has 0 bridgehead atoms. The maximum Gasteiger partial charge on any atom is 0.286 e. The number of ether oxygens (including phenoxy) is 2. The second-order valence-electron chi connectivity index (χ2n) is 6.97. The third kappa shape index (κ3) is 4.61. The summed E-state index contributed by atoms with van der Waals surface area (Å²) >= 11 is 1.47. The van der Waals surface area contributed by atoms with Crippen molar-refractivity contribution < 1.29 is 14.3 Å². The minimum absolute atomic E-state index is 0.156. The number of benzene rings is 1. The molecule has 2 heterocycles. The van der Waals surface area contributed by atoms with Crippen LogP contribution < -0.4 is 9.47 Å². The Morgan fingerprint density at radius 1 is 1.23 bits per heavy atom. The first kappa shape index (κ1) is 18.8. The molecule has 5 nitrogen and oxygen atoms in total. The van der Waals surface area contributed by atoms with Gasteiger partial charge in [-0.3, -0.25) is 4.79 Å². The lowest BCUT2D eigenvalue weighted by Gasteiger charge is -2.27. The van der Waals surface area contributed by atoms with E-state index in [1.54, 1.807) is 7.11 Å². The number of carbonyl (C=O) groups is 1. The minimum atomic E-state index is -0.156. The first-order chi connectivity index (χ1) is 12.6. The molecule has 0 aromatic heterocycles. The van der Waals surface area contributed by atoms with Crippen molar-refractivity contribution >= 4 is 28.9 Å². The average molecular weight is 375 g/mol. The van der Waals surface area contributed by atoms with Gasteiger partial charge in [-0.05, 0) is 60.7 Å². The molecule has 26 heavy (non-hydrogen) atoms. The van der Waals surface area contributed by atoms with Crippen LogP contribution in [0.5, 0.6) is 11.5 Å². The smallest absolute Gasteiger partial charge is 0.286 e. The van der Waals surface area contributed by atoms with Gasteiger partial charge in [0.2, 0.25) is 0 Å². The molecule has 3 rings (SSSR count). The molecular weight excluding hydrogens is 348 g/mol. The first-order valence-electron chi connectivity index (χ1n) is 9.15. The Morgan fingerprint density at radius 2 is 2.00 bits per heavy atom. The second kappa shape index (κ2) is 8.62. The summed E-state index contributed by atoms with van der Waals surface area (Å²) in [5, 5.41) is 0.839. The van der Waals surface area contributed by atoms with Gasteiger partial charge in [0.05, 0.1) is 18.6 Å².